The maximum Gasteiger partial charge on any atom is 0.274 e. The van der Waals surface area contributed by atoms with E-state index in [1.165, 1.54) is 11.1 Å². The van der Waals surface area contributed by atoms with Crippen LogP contribution < -0.4 is 5.56 Å². The maximum absolute atomic E-state index is 12.9. The third-order valence-corrected chi connectivity index (χ3v) is 5.31. The summed E-state index contributed by atoms with van der Waals surface area (Å²) in [5, 5.41) is 6.81. The van der Waals surface area contributed by atoms with Crippen molar-refractivity contribution in [2.75, 3.05) is 0 Å². The molecule has 0 saturated heterocycles. The molecule has 0 aliphatic rings. The molecular weight excluding hydrogens is 384 g/mol. The molecule has 5 heteroatoms. The van der Waals surface area contributed by atoms with Crippen LogP contribution in [0.3, 0.4) is 0 Å². The Hall–Kier alpha value is -3.86. The van der Waals surface area contributed by atoms with Gasteiger partial charge in [-0.25, -0.2) is 4.68 Å². The van der Waals surface area contributed by atoms with Gasteiger partial charge >= 0.3 is 0 Å². The van der Waals surface area contributed by atoms with Crippen molar-refractivity contribution in [2.45, 2.75) is 20.0 Å². The van der Waals surface area contributed by atoms with E-state index in [4.69, 9.17) is 5.10 Å². The number of rotatable bonds is 7. The minimum atomic E-state index is -0.0344. The van der Waals surface area contributed by atoms with Crippen molar-refractivity contribution >= 4 is 6.21 Å². The molecule has 0 saturated carbocycles. The zero-order valence-electron chi connectivity index (χ0n) is 17.8. The van der Waals surface area contributed by atoms with Gasteiger partial charge in [0, 0.05) is 12.6 Å². The van der Waals surface area contributed by atoms with E-state index in [2.05, 4.69) is 24.3 Å². The number of hydrogen-bond acceptors (Lipinski definition) is 3. The molecule has 0 aliphatic heterocycles. The molecule has 4 rings (SSSR count). The lowest BCUT2D eigenvalue weighted by molar-refractivity contribution is 0.272. The molecule has 0 atom stereocenters. The van der Waals surface area contributed by atoms with Crippen molar-refractivity contribution in [3.05, 3.63) is 124 Å². The Labute approximate surface area is 182 Å². The van der Waals surface area contributed by atoms with Crippen molar-refractivity contribution in [2.24, 2.45) is 12.1 Å². The second kappa shape index (κ2) is 9.30. The molecule has 31 heavy (non-hydrogen) atoms. The molecule has 0 unspecified atom stereocenters. The van der Waals surface area contributed by atoms with Crippen molar-refractivity contribution in [1.29, 1.82) is 0 Å². The summed E-state index contributed by atoms with van der Waals surface area (Å²) in [5.74, 6) is 0. The van der Waals surface area contributed by atoms with E-state index in [9.17, 15) is 4.79 Å². The predicted molar refractivity (Wildman–Crippen MR) is 125 cm³/mol. The first-order chi connectivity index (χ1) is 15.1. The summed E-state index contributed by atoms with van der Waals surface area (Å²) >= 11 is 0. The van der Waals surface area contributed by atoms with Gasteiger partial charge in [0.25, 0.3) is 5.56 Å². The Morgan fingerprint density at radius 2 is 1.29 bits per heavy atom. The van der Waals surface area contributed by atoms with Gasteiger partial charge in [-0.3, -0.25) is 14.5 Å². The van der Waals surface area contributed by atoms with Gasteiger partial charge in [-0.05, 0) is 30.2 Å². The maximum atomic E-state index is 12.9. The second-order valence-corrected chi connectivity index (χ2v) is 7.52. The van der Waals surface area contributed by atoms with Gasteiger partial charge in [0.05, 0.1) is 30.7 Å². The lowest BCUT2D eigenvalue weighted by Gasteiger charge is -2.19. The largest absolute Gasteiger partial charge is 0.288 e. The fraction of sp³-hybridized carbons (Fsp3) is 0.154. The van der Waals surface area contributed by atoms with Gasteiger partial charge in [-0.1, -0.05) is 78.9 Å². The third kappa shape index (κ3) is 4.67. The average molecular weight is 411 g/mol. The smallest absolute Gasteiger partial charge is 0.274 e. The van der Waals surface area contributed by atoms with Gasteiger partial charge in [0.1, 0.15) is 0 Å². The van der Waals surface area contributed by atoms with Crippen molar-refractivity contribution in [3.63, 3.8) is 0 Å². The first-order valence-corrected chi connectivity index (χ1v) is 10.3. The van der Waals surface area contributed by atoms with Gasteiger partial charge < -0.3 is 0 Å². The van der Waals surface area contributed by atoms with Crippen LogP contribution in [0.2, 0.25) is 0 Å². The van der Waals surface area contributed by atoms with Crippen LogP contribution in [0.15, 0.2) is 101 Å². The topological polar surface area (TPSA) is 42.5 Å². The molecule has 5 nitrogen and oxygen atoms in total. The van der Waals surface area contributed by atoms with Crippen LogP contribution in [0.1, 0.15) is 22.4 Å². The minimum absolute atomic E-state index is 0.0344. The number of hydrazone groups is 1. The molecule has 0 N–H and O–H groups in total. The Balaban J connectivity index is 1.66. The standard InChI is InChI=1S/C26H26N4O/c1-21-25(28(2)30(26(21)31)24-16-10-5-11-17-24)18-27-29(19-22-12-6-3-7-13-22)20-23-14-8-4-9-15-23/h3-18H,19-20H2,1-2H3/b27-18-. The highest BCUT2D eigenvalue weighted by molar-refractivity contribution is 5.79. The average Bonchev–Trinajstić information content (AvgIpc) is 3.02. The zero-order valence-corrected chi connectivity index (χ0v) is 17.8. The lowest BCUT2D eigenvalue weighted by Crippen LogP contribution is -2.20. The van der Waals surface area contributed by atoms with E-state index >= 15 is 0 Å². The number of aromatic nitrogens is 2. The summed E-state index contributed by atoms with van der Waals surface area (Å²) in [7, 11) is 1.89. The molecule has 0 bridgehead atoms. The summed E-state index contributed by atoms with van der Waals surface area (Å²) in [4.78, 5) is 12.9. The summed E-state index contributed by atoms with van der Waals surface area (Å²) in [6, 6.07) is 30.2. The molecule has 0 fully saturated rings. The van der Waals surface area contributed by atoms with E-state index < -0.39 is 0 Å². The van der Waals surface area contributed by atoms with Gasteiger partial charge in [0.2, 0.25) is 0 Å². The number of para-hydroxylation sites is 1. The SMILES string of the molecule is Cc1c(/C=N\N(Cc2ccccc2)Cc2ccccc2)n(C)n(-c2ccccc2)c1=O. The van der Waals surface area contributed by atoms with Crippen LogP contribution in [0.5, 0.6) is 0 Å². The summed E-state index contributed by atoms with van der Waals surface area (Å²) in [6.45, 7) is 3.21. The third-order valence-electron chi connectivity index (χ3n) is 5.31. The molecule has 0 amide bonds. The summed E-state index contributed by atoms with van der Waals surface area (Å²) in [5.41, 5.74) is 4.64. The highest BCUT2D eigenvalue weighted by Crippen LogP contribution is 2.12. The molecule has 1 aromatic heterocycles. The van der Waals surface area contributed by atoms with Crippen molar-refractivity contribution in [1.82, 2.24) is 14.4 Å². The molecule has 0 spiro atoms. The fourth-order valence-corrected chi connectivity index (χ4v) is 3.66. The number of nitrogens with zero attached hydrogens (tertiary/aromatic N) is 4. The minimum Gasteiger partial charge on any atom is -0.288 e. The highest BCUT2D eigenvalue weighted by atomic mass is 16.1. The Morgan fingerprint density at radius 1 is 0.806 bits per heavy atom. The first kappa shape index (κ1) is 20.4. The summed E-state index contributed by atoms with van der Waals surface area (Å²) in [6.07, 6.45) is 1.79. The Bertz CT molecular complexity index is 1170. The van der Waals surface area contributed by atoms with Crippen LogP contribution >= 0.6 is 0 Å². The predicted octanol–water partition coefficient (Wildman–Crippen LogP) is 4.52. The Kier molecular flexibility index (Phi) is 6.13. The van der Waals surface area contributed by atoms with Crippen molar-refractivity contribution < 1.29 is 0 Å². The molecule has 0 radical (unpaired) electrons. The van der Waals surface area contributed by atoms with E-state index in [1.807, 2.05) is 90.4 Å². The molecule has 0 aliphatic carbocycles. The lowest BCUT2D eigenvalue weighted by atomic mass is 10.2. The van der Waals surface area contributed by atoms with E-state index in [-0.39, 0.29) is 5.56 Å². The normalized spacial score (nSPS) is 11.2. The van der Waals surface area contributed by atoms with Crippen LogP contribution in [0, 0.1) is 6.92 Å². The molecule has 156 valence electrons. The molecule has 3 aromatic carbocycles. The van der Waals surface area contributed by atoms with E-state index in [0.29, 0.717) is 18.7 Å². The van der Waals surface area contributed by atoms with E-state index in [0.717, 1.165) is 11.4 Å². The van der Waals surface area contributed by atoms with Crippen LogP contribution in [0.4, 0.5) is 0 Å². The van der Waals surface area contributed by atoms with Crippen LogP contribution in [0.25, 0.3) is 5.69 Å². The quantitative estimate of drug-likeness (QED) is 0.332. The van der Waals surface area contributed by atoms with Gasteiger partial charge in [-0.15, -0.1) is 0 Å². The monoisotopic (exact) mass is 410 g/mol. The van der Waals surface area contributed by atoms with Gasteiger partial charge in [-0.2, -0.15) is 5.10 Å². The van der Waals surface area contributed by atoms with E-state index in [1.54, 1.807) is 10.9 Å². The Morgan fingerprint density at radius 3 is 1.81 bits per heavy atom. The van der Waals surface area contributed by atoms with Crippen LogP contribution in [-0.4, -0.2) is 20.6 Å². The first-order valence-electron chi connectivity index (χ1n) is 10.3. The zero-order chi connectivity index (χ0) is 21.6. The molecule has 1 heterocycles. The highest BCUT2D eigenvalue weighted by Gasteiger charge is 2.14. The molecular formula is C26H26N4O. The van der Waals surface area contributed by atoms with Crippen LogP contribution in [-0.2, 0) is 20.1 Å². The molecule has 4 aromatic rings. The van der Waals surface area contributed by atoms with Gasteiger partial charge in [0.15, 0.2) is 0 Å². The number of hydrogen-bond donors (Lipinski definition) is 0. The second-order valence-electron chi connectivity index (χ2n) is 7.52. The summed E-state index contributed by atoms with van der Waals surface area (Å²) < 4.78 is 3.54. The van der Waals surface area contributed by atoms with Crippen molar-refractivity contribution in [3.8, 4) is 5.69 Å². The fourth-order valence-electron chi connectivity index (χ4n) is 3.66. The number of benzene rings is 3.